The van der Waals surface area contributed by atoms with Gasteiger partial charge in [0.25, 0.3) is 5.91 Å². The van der Waals surface area contributed by atoms with Crippen molar-refractivity contribution in [1.82, 2.24) is 19.8 Å². The molecule has 0 atom stereocenters. The molecule has 0 aliphatic carbocycles. The molecule has 2 aliphatic heterocycles. The molecule has 1 fully saturated rings. The SMILES string of the molecule is CC1=C\C(Cl)=C/C=C/c2nc(Nc3ccc(C(=O)N4CCC(N(C)C)CC4)cc3)ncc2C/N=C\1c1ccccc1F. The molecule has 2 aromatic carbocycles. The second kappa shape index (κ2) is 13.2. The molecule has 216 valence electrons. The maximum Gasteiger partial charge on any atom is 0.253 e. The van der Waals surface area contributed by atoms with Crippen LogP contribution in [0.25, 0.3) is 6.08 Å². The molecule has 1 amide bonds. The van der Waals surface area contributed by atoms with Crippen molar-refractivity contribution >= 4 is 40.9 Å². The van der Waals surface area contributed by atoms with E-state index in [1.54, 1.807) is 36.5 Å². The second-order valence-electron chi connectivity index (χ2n) is 10.7. The first kappa shape index (κ1) is 29.4. The number of nitrogens with one attached hydrogen (secondary N) is 1. The number of hydrogen-bond acceptors (Lipinski definition) is 6. The number of aliphatic imine (C=N–C) groups is 1. The summed E-state index contributed by atoms with van der Waals surface area (Å²) in [5.74, 6) is 0.103. The van der Waals surface area contributed by atoms with Crippen LogP contribution in [0.3, 0.4) is 0 Å². The Kier molecular flexibility index (Phi) is 9.25. The Morgan fingerprint density at radius 1 is 1.10 bits per heavy atom. The van der Waals surface area contributed by atoms with Gasteiger partial charge in [0.1, 0.15) is 5.82 Å². The number of aromatic nitrogens is 2. The number of nitrogens with zero attached hydrogens (tertiary/aromatic N) is 5. The van der Waals surface area contributed by atoms with Crippen LogP contribution >= 0.6 is 11.6 Å². The highest BCUT2D eigenvalue weighted by Gasteiger charge is 2.24. The lowest BCUT2D eigenvalue weighted by molar-refractivity contribution is 0.0663. The Morgan fingerprint density at radius 3 is 2.55 bits per heavy atom. The number of rotatable bonds is 5. The van der Waals surface area contributed by atoms with Gasteiger partial charge in [-0.2, -0.15) is 0 Å². The first-order valence-electron chi connectivity index (χ1n) is 14.0. The Balaban J connectivity index is 1.33. The Hall–Kier alpha value is -4.14. The van der Waals surface area contributed by atoms with Gasteiger partial charge in [0.15, 0.2) is 0 Å². The number of anilines is 2. The molecule has 1 saturated heterocycles. The maximum absolute atomic E-state index is 14.7. The number of carbonyl (C=O) groups excluding carboxylic acids is 1. The van der Waals surface area contributed by atoms with Gasteiger partial charge in [-0.05, 0) is 94.1 Å². The van der Waals surface area contributed by atoms with Gasteiger partial charge in [-0.1, -0.05) is 29.8 Å². The highest BCUT2D eigenvalue weighted by molar-refractivity contribution is 6.32. The van der Waals surface area contributed by atoms with Crippen molar-refractivity contribution in [3.63, 3.8) is 0 Å². The highest BCUT2D eigenvalue weighted by Crippen LogP contribution is 2.22. The molecule has 9 heteroatoms. The summed E-state index contributed by atoms with van der Waals surface area (Å²) < 4.78 is 14.7. The van der Waals surface area contributed by atoms with E-state index in [1.807, 2.05) is 48.2 Å². The normalized spacial score (nSPS) is 20.7. The number of hydrogen-bond donors (Lipinski definition) is 1. The molecule has 5 rings (SSSR count). The van der Waals surface area contributed by atoms with E-state index in [1.165, 1.54) is 6.07 Å². The van der Waals surface area contributed by atoms with Crippen LogP contribution in [0.2, 0.25) is 0 Å². The maximum atomic E-state index is 14.7. The molecule has 0 unspecified atom stereocenters. The molecule has 0 radical (unpaired) electrons. The monoisotopic (exact) mass is 584 g/mol. The van der Waals surface area contributed by atoms with Gasteiger partial charge in [0.05, 0.1) is 18.0 Å². The standard InChI is InChI=1S/C33H34ClFN6O/c1-22-19-25(34)7-6-10-30-24(20-36-31(22)28-8-4-5-9-29(28)35)21-37-33(39-30)38-26-13-11-23(12-14-26)32(42)41-17-15-27(16-18-41)40(2)3/h4-14,19,21,27H,15-18,20H2,1-3H3,(H,37,38,39)/b10-6+,22-19+,25-7+,36-31+. The fourth-order valence-corrected chi connectivity index (χ4v) is 5.37. The lowest BCUT2D eigenvalue weighted by Crippen LogP contribution is -2.44. The summed E-state index contributed by atoms with van der Waals surface area (Å²) in [6.07, 6.45) is 10.9. The number of benzene rings is 2. The van der Waals surface area contributed by atoms with Crippen molar-refractivity contribution in [3.8, 4) is 0 Å². The Bertz CT molecular complexity index is 1570. The fraction of sp³-hybridized carbons (Fsp3) is 0.273. The molecule has 42 heavy (non-hydrogen) atoms. The number of likely N-dealkylation sites (tertiary alicyclic amines) is 1. The number of allylic oxidation sites excluding steroid dienone is 5. The van der Waals surface area contributed by atoms with Gasteiger partial charge < -0.3 is 15.1 Å². The van der Waals surface area contributed by atoms with Gasteiger partial charge in [-0.3, -0.25) is 9.79 Å². The predicted octanol–water partition coefficient (Wildman–Crippen LogP) is 6.61. The van der Waals surface area contributed by atoms with Crippen LogP contribution in [-0.4, -0.2) is 64.6 Å². The third-order valence-corrected chi connectivity index (χ3v) is 7.78. The molecule has 0 bridgehead atoms. The van der Waals surface area contributed by atoms with Crippen molar-refractivity contribution in [2.24, 2.45) is 4.99 Å². The van der Waals surface area contributed by atoms with E-state index in [-0.39, 0.29) is 18.3 Å². The van der Waals surface area contributed by atoms with E-state index in [0.29, 0.717) is 39.6 Å². The topological polar surface area (TPSA) is 73.7 Å². The lowest BCUT2D eigenvalue weighted by atomic mass is 10.0. The first-order chi connectivity index (χ1) is 20.3. The molecule has 1 N–H and O–H groups in total. The Morgan fingerprint density at radius 2 is 1.83 bits per heavy atom. The predicted molar refractivity (Wildman–Crippen MR) is 168 cm³/mol. The summed E-state index contributed by atoms with van der Waals surface area (Å²) >= 11 is 6.44. The van der Waals surface area contributed by atoms with E-state index in [0.717, 1.165) is 42.8 Å². The van der Waals surface area contributed by atoms with Gasteiger partial charge in [0.2, 0.25) is 5.95 Å². The second-order valence-corrected chi connectivity index (χ2v) is 11.1. The molecule has 1 aromatic heterocycles. The van der Waals surface area contributed by atoms with Crippen LogP contribution in [0.5, 0.6) is 0 Å². The molecule has 3 aromatic rings. The number of amides is 1. The zero-order chi connectivity index (χ0) is 29.6. The quantitative estimate of drug-likeness (QED) is 0.365. The number of piperidine rings is 1. The summed E-state index contributed by atoms with van der Waals surface area (Å²) in [6, 6.07) is 14.4. The molecule has 2 aliphatic rings. The summed E-state index contributed by atoms with van der Waals surface area (Å²) in [6.45, 7) is 3.65. The van der Waals surface area contributed by atoms with Crippen molar-refractivity contribution in [1.29, 1.82) is 0 Å². The van der Waals surface area contributed by atoms with Crippen LogP contribution < -0.4 is 5.32 Å². The molecule has 3 heterocycles. The zero-order valence-electron chi connectivity index (χ0n) is 24.0. The highest BCUT2D eigenvalue weighted by atomic mass is 35.5. The third kappa shape index (κ3) is 7.01. The summed E-state index contributed by atoms with van der Waals surface area (Å²) in [5.41, 5.74) is 4.54. The number of halogens is 2. The Labute approximate surface area is 251 Å². The molecular formula is C33H34ClFN6O. The number of fused-ring (bicyclic) bond motifs is 1. The van der Waals surface area contributed by atoms with Crippen LogP contribution in [0.15, 0.2) is 88.6 Å². The van der Waals surface area contributed by atoms with Crippen molar-refractivity contribution < 1.29 is 9.18 Å². The summed E-state index contributed by atoms with van der Waals surface area (Å²) in [7, 11) is 4.18. The smallest absolute Gasteiger partial charge is 0.253 e. The van der Waals surface area contributed by atoms with E-state index in [2.05, 4.69) is 29.3 Å². The van der Waals surface area contributed by atoms with Gasteiger partial charge in [-0.15, -0.1) is 0 Å². The van der Waals surface area contributed by atoms with E-state index in [9.17, 15) is 9.18 Å². The minimum atomic E-state index is -0.352. The molecule has 0 saturated carbocycles. The average Bonchev–Trinajstić information content (AvgIpc) is 3.01. The summed E-state index contributed by atoms with van der Waals surface area (Å²) in [4.78, 5) is 31.2. The fourth-order valence-electron chi connectivity index (χ4n) is 5.13. The van der Waals surface area contributed by atoms with Crippen LogP contribution in [0.1, 0.15) is 46.9 Å². The van der Waals surface area contributed by atoms with Crippen LogP contribution in [0.4, 0.5) is 16.0 Å². The molecule has 7 nitrogen and oxygen atoms in total. The minimum Gasteiger partial charge on any atom is -0.339 e. The largest absolute Gasteiger partial charge is 0.339 e. The van der Waals surface area contributed by atoms with E-state index >= 15 is 0 Å². The first-order valence-corrected chi connectivity index (χ1v) is 14.4. The molecular weight excluding hydrogens is 551 g/mol. The van der Waals surface area contributed by atoms with Crippen molar-refractivity contribution in [2.75, 3.05) is 32.5 Å². The minimum absolute atomic E-state index is 0.0518. The average molecular weight is 585 g/mol. The van der Waals surface area contributed by atoms with Gasteiger partial charge in [0, 0.05) is 52.7 Å². The zero-order valence-corrected chi connectivity index (χ0v) is 24.8. The van der Waals surface area contributed by atoms with Gasteiger partial charge in [-0.25, -0.2) is 14.4 Å². The van der Waals surface area contributed by atoms with E-state index in [4.69, 9.17) is 21.6 Å². The van der Waals surface area contributed by atoms with Crippen molar-refractivity contribution in [2.45, 2.75) is 32.4 Å². The summed E-state index contributed by atoms with van der Waals surface area (Å²) in [5, 5.41) is 3.71. The van der Waals surface area contributed by atoms with Crippen LogP contribution in [0, 0.1) is 5.82 Å². The van der Waals surface area contributed by atoms with Crippen molar-refractivity contribution in [3.05, 3.63) is 112 Å². The third-order valence-electron chi connectivity index (χ3n) is 7.54. The van der Waals surface area contributed by atoms with Crippen LogP contribution in [-0.2, 0) is 6.54 Å². The van der Waals surface area contributed by atoms with E-state index < -0.39 is 0 Å². The number of carbonyl (C=O) groups is 1. The lowest BCUT2D eigenvalue weighted by Gasteiger charge is -2.35. The molecule has 0 spiro atoms. The van der Waals surface area contributed by atoms with Gasteiger partial charge >= 0.3 is 0 Å².